The zero-order valence-corrected chi connectivity index (χ0v) is 13.5. The summed E-state index contributed by atoms with van der Waals surface area (Å²) >= 11 is 1.03. The van der Waals surface area contributed by atoms with Crippen molar-refractivity contribution in [2.75, 3.05) is 26.6 Å². The van der Waals surface area contributed by atoms with Gasteiger partial charge in [-0.3, -0.25) is 4.79 Å². The van der Waals surface area contributed by atoms with Gasteiger partial charge in [0.2, 0.25) is 5.75 Å². The van der Waals surface area contributed by atoms with Crippen molar-refractivity contribution >= 4 is 28.9 Å². The fourth-order valence-corrected chi connectivity index (χ4v) is 2.67. The second kappa shape index (κ2) is 7.01. The van der Waals surface area contributed by atoms with Crippen LogP contribution in [0.3, 0.4) is 0 Å². The molecule has 0 aliphatic carbocycles. The molecule has 2 rings (SSSR count). The summed E-state index contributed by atoms with van der Waals surface area (Å²) in [5.41, 5.74) is 0.489. The summed E-state index contributed by atoms with van der Waals surface area (Å²) in [6.45, 7) is 0. The zero-order chi connectivity index (χ0) is 17.0. The molecule has 0 spiro atoms. The molecular formula is C15H15NO6S. The van der Waals surface area contributed by atoms with Gasteiger partial charge in [-0.1, -0.05) is 0 Å². The maximum absolute atomic E-state index is 12.4. The number of amides is 1. The van der Waals surface area contributed by atoms with Crippen LogP contribution in [0.4, 0.5) is 5.69 Å². The summed E-state index contributed by atoms with van der Waals surface area (Å²) in [4.78, 5) is 23.5. The average molecular weight is 337 g/mol. The molecule has 0 atom stereocenters. The third-order valence-corrected chi connectivity index (χ3v) is 3.94. The number of carbonyl (C=O) groups excluding carboxylic acids is 1. The van der Waals surface area contributed by atoms with Crippen LogP contribution < -0.4 is 19.5 Å². The van der Waals surface area contributed by atoms with Gasteiger partial charge >= 0.3 is 5.97 Å². The van der Waals surface area contributed by atoms with Gasteiger partial charge in [-0.25, -0.2) is 4.79 Å². The molecule has 122 valence electrons. The first-order valence-corrected chi connectivity index (χ1v) is 7.32. The number of hydrogen-bond acceptors (Lipinski definition) is 6. The van der Waals surface area contributed by atoms with Crippen LogP contribution in [0.25, 0.3) is 0 Å². The van der Waals surface area contributed by atoms with Gasteiger partial charge in [-0.15, -0.1) is 11.3 Å². The number of anilines is 1. The number of thiophene rings is 1. The molecule has 2 aromatic rings. The quantitative estimate of drug-likeness (QED) is 0.842. The first-order chi connectivity index (χ1) is 11.0. The molecule has 23 heavy (non-hydrogen) atoms. The van der Waals surface area contributed by atoms with Gasteiger partial charge < -0.3 is 24.6 Å². The number of carboxylic acids is 1. The highest BCUT2D eigenvalue weighted by atomic mass is 32.1. The van der Waals surface area contributed by atoms with Gasteiger partial charge in [-0.05, 0) is 23.6 Å². The molecule has 1 heterocycles. The molecule has 0 radical (unpaired) electrons. The lowest BCUT2D eigenvalue weighted by Crippen LogP contribution is -2.14. The Morgan fingerprint density at radius 2 is 1.70 bits per heavy atom. The highest BCUT2D eigenvalue weighted by Gasteiger charge is 2.19. The summed E-state index contributed by atoms with van der Waals surface area (Å²) < 4.78 is 15.6. The number of hydrogen-bond donors (Lipinski definition) is 2. The molecule has 1 amide bonds. The third kappa shape index (κ3) is 3.37. The van der Waals surface area contributed by atoms with E-state index in [-0.39, 0.29) is 16.1 Å². The average Bonchev–Trinajstić information content (AvgIpc) is 3.01. The van der Waals surface area contributed by atoms with Crippen molar-refractivity contribution in [2.24, 2.45) is 0 Å². The number of benzene rings is 1. The minimum absolute atomic E-state index is 0.0609. The fraction of sp³-hybridized carbons (Fsp3) is 0.200. The number of methoxy groups -OCH3 is 3. The van der Waals surface area contributed by atoms with E-state index >= 15 is 0 Å². The number of ether oxygens (including phenoxy) is 3. The Morgan fingerprint density at radius 3 is 2.17 bits per heavy atom. The van der Waals surface area contributed by atoms with E-state index in [2.05, 4.69) is 5.32 Å². The highest BCUT2D eigenvalue weighted by Crippen LogP contribution is 2.38. The minimum Gasteiger partial charge on any atom is -0.493 e. The molecule has 1 aromatic carbocycles. The molecule has 0 bridgehead atoms. The van der Waals surface area contributed by atoms with Crippen LogP contribution in [-0.2, 0) is 0 Å². The van der Waals surface area contributed by atoms with Gasteiger partial charge in [0, 0.05) is 5.56 Å². The largest absolute Gasteiger partial charge is 0.493 e. The van der Waals surface area contributed by atoms with Crippen LogP contribution in [0.5, 0.6) is 17.2 Å². The van der Waals surface area contributed by atoms with E-state index in [9.17, 15) is 9.59 Å². The summed E-state index contributed by atoms with van der Waals surface area (Å²) in [6, 6.07) is 4.51. The van der Waals surface area contributed by atoms with Crippen LogP contribution >= 0.6 is 11.3 Å². The zero-order valence-electron chi connectivity index (χ0n) is 12.7. The van der Waals surface area contributed by atoms with Crippen molar-refractivity contribution in [3.8, 4) is 17.2 Å². The molecule has 0 unspecified atom stereocenters. The number of carboxylic acid groups (broad SMARTS) is 1. The summed E-state index contributed by atoms with van der Waals surface area (Å²) in [6.07, 6.45) is 0. The Bertz CT molecular complexity index is 714. The van der Waals surface area contributed by atoms with Gasteiger partial charge in [0.15, 0.2) is 11.5 Å². The number of carbonyl (C=O) groups is 2. The summed E-state index contributed by atoms with van der Waals surface area (Å²) in [7, 11) is 4.35. The molecule has 2 N–H and O–H groups in total. The Labute approximate surface area is 136 Å². The van der Waals surface area contributed by atoms with E-state index in [1.54, 1.807) is 5.38 Å². The normalized spacial score (nSPS) is 10.0. The lowest BCUT2D eigenvalue weighted by atomic mass is 10.1. The molecule has 0 aliphatic rings. The van der Waals surface area contributed by atoms with Gasteiger partial charge in [0.05, 0.1) is 27.0 Å². The lowest BCUT2D eigenvalue weighted by Gasteiger charge is -2.14. The molecule has 8 heteroatoms. The first kappa shape index (κ1) is 16.6. The van der Waals surface area contributed by atoms with E-state index in [4.69, 9.17) is 19.3 Å². The molecule has 0 saturated carbocycles. The van der Waals surface area contributed by atoms with Crippen molar-refractivity contribution in [3.63, 3.8) is 0 Å². The van der Waals surface area contributed by atoms with E-state index < -0.39 is 11.9 Å². The smallest absolute Gasteiger partial charge is 0.348 e. The summed E-state index contributed by atoms with van der Waals surface area (Å²) in [5, 5.41) is 13.2. The van der Waals surface area contributed by atoms with Gasteiger partial charge in [-0.2, -0.15) is 0 Å². The minimum atomic E-state index is -1.10. The molecular weight excluding hydrogens is 322 g/mol. The molecule has 1 aromatic heterocycles. The van der Waals surface area contributed by atoms with Crippen molar-refractivity contribution < 1.29 is 28.9 Å². The maximum Gasteiger partial charge on any atom is 0.348 e. The number of rotatable bonds is 6. The standard InChI is InChI=1S/C15H15NO6S/c1-20-10-6-8(7-11(21-2)12(10)22-3)14(17)16-9-4-5-23-13(9)15(18)19/h4-7H,1-3H3,(H,16,17)(H,18,19). The van der Waals surface area contributed by atoms with Crippen LogP contribution in [0, 0.1) is 0 Å². The second-order valence-corrected chi connectivity index (χ2v) is 5.25. The third-order valence-electron chi connectivity index (χ3n) is 3.03. The van der Waals surface area contributed by atoms with E-state index in [1.165, 1.54) is 39.5 Å². The van der Waals surface area contributed by atoms with E-state index in [1.807, 2.05) is 0 Å². The fourth-order valence-electron chi connectivity index (χ4n) is 1.98. The highest BCUT2D eigenvalue weighted by molar-refractivity contribution is 7.12. The van der Waals surface area contributed by atoms with Crippen LogP contribution in [0.2, 0.25) is 0 Å². The summed E-state index contributed by atoms with van der Waals surface area (Å²) in [5.74, 6) is -0.541. The van der Waals surface area contributed by atoms with Crippen LogP contribution in [0.15, 0.2) is 23.6 Å². The molecule has 7 nitrogen and oxygen atoms in total. The van der Waals surface area contributed by atoms with Crippen molar-refractivity contribution in [2.45, 2.75) is 0 Å². The predicted octanol–water partition coefficient (Wildman–Crippen LogP) is 2.72. The lowest BCUT2D eigenvalue weighted by molar-refractivity contribution is 0.0703. The molecule has 0 fully saturated rings. The molecule has 0 aliphatic heterocycles. The van der Waals surface area contributed by atoms with Crippen molar-refractivity contribution in [1.82, 2.24) is 0 Å². The number of nitrogens with one attached hydrogen (secondary N) is 1. The van der Waals surface area contributed by atoms with Crippen LogP contribution in [0.1, 0.15) is 20.0 Å². The van der Waals surface area contributed by atoms with Gasteiger partial charge in [0.1, 0.15) is 4.88 Å². The van der Waals surface area contributed by atoms with Crippen LogP contribution in [-0.4, -0.2) is 38.3 Å². The monoisotopic (exact) mass is 337 g/mol. The first-order valence-electron chi connectivity index (χ1n) is 6.44. The molecule has 0 saturated heterocycles. The van der Waals surface area contributed by atoms with Crippen molar-refractivity contribution in [3.05, 3.63) is 34.0 Å². The Balaban J connectivity index is 2.36. The second-order valence-electron chi connectivity index (χ2n) is 4.34. The predicted molar refractivity (Wildman–Crippen MR) is 85.3 cm³/mol. The maximum atomic E-state index is 12.4. The van der Waals surface area contributed by atoms with E-state index in [0.29, 0.717) is 17.2 Å². The van der Waals surface area contributed by atoms with Gasteiger partial charge in [0.25, 0.3) is 5.91 Å². The number of aromatic carboxylic acids is 1. The Hall–Kier alpha value is -2.74. The van der Waals surface area contributed by atoms with Crippen molar-refractivity contribution in [1.29, 1.82) is 0 Å². The van der Waals surface area contributed by atoms with E-state index in [0.717, 1.165) is 11.3 Å². The topological polar surface area (TPSA) is 94.1 Å². The Kier molecular flexibility index (Phi) is 5.07. The Morgan fingerprint density at radius 1 is 1.09 bits per heavy atom. The SMILES string of the molecule is COc1cc(C(=O)Nc2ccsc2C(=O)O)cc(OC)c1OC.